The minimum atomic E-state index is -0.405. The van der Waals surface area contributed by atoms with Gasteiger partial charge in [0.15, 0.2) is 0 Å². The van der Waals surface area contributed by atoms with Crippen molar-refractivity contribution in [3.63, 3.8) is 0 Å². The van der Waals surface area contributed by atoms with Crippen LogP contribution in [0, 0.1) is 0 Å². The first-order valence-corrected chi connectivity index (χ1v) is 9.64. The fourth-order valence-corrected chi connectivity index (χ4v) is 4.35. The highest BCUT2D eigenvalue weighted by Gasteiger charge is 2.40. The van der Waals surface area contributed by atoms with Crippen LogP contribution < -0.4 is 4.90 Å². The molecule has 0 N–H and O–H groups in total. The number of carbonyl (C=O) groups excluding carboxylic acids is 2. The zero-order chi connectivity index (χ0) is 17.9. The molecule has 1 fully saturated rings. The van der Waals surface area contributed by atoms with Crippen LogP contribution in [0.2, 0.25) is 0 Å². The smallest absolute Gasteiger partial charge is 0.313 e. The van der Waals surface area contributed by atoms with E-state index in [2.05, 4.69) is 17.0 Å². The first-order chi connectivity index (χ1) is 12.7. The second-order valence-corrected chi connectivity index (χ2v) is 7.55. The normalized spacial score (nSPS) is 19.3. The third-order valence-electron chi connectivity index (χ3n) is 4.71. The average Bonchev–Trinajstić information content (AvgIpc) is 3.19. The van der Waals surface area contributed by atoms with Gasteiger partial charge in [0.2, 0.25) is 0 Å². The molecule has 2 heterocycles. The quantitative estimate of drug-likeness (QED) is 0.783. The van der Waals surface area contributed by atoms with E-state index in [0.717, 1.165) is 35.4 Å². The molecule has 0 radical (unpaired) electrons. The molecule has 0 aromatic heterocycles. The van der Waals surface area contributed by atoms with Gasteiger partial charge in [-0.15, -0.1) is 5.06 Å². The van der Waals surface area contributed by atoms with Gasteiger partial charge in [-0.2, -0.15) is 0 Å². The zero-order valence-corrected chi connectivity index (χ0v) is 15.2. The molecule has 4 rings (SSSR count). The van der Waals surface area contributed by atoms with E-state index in [1.165, 1.54) is 11.3 Å². The van der Waals surface area contributed by atoms with Crippen molar-refractivity contribution in [2.45, 2.75) is 18.1 Å². The summed E-state index contributed by atoms with van der Waals surface area (Å²) >= 11 is 1.05. The number of imide groups is 1. The lowest BCUT2D eigenvalue weighted by Gasteiger charge is -2.20. The Morgan fingerprint density at radius 1 is 1.04 bits per heavy atom. The van der Waals surface area contributed by atoms with Gasteiger partial charge in [0, 0.05) is 18.8 Å². The van der Waals surface area contributed by atoms with Crippen LogP contribution in [-0.4, -0.2) is 41.2 Å². The third kappa shape index (κ3) is 3.48. The lowest BCUT2D eigenvalue weighted by atomic mass is 10.1. The van der Waals surface area contributed by atoms with Crippen molar-refractivity contribution in [2.24, 2.45) is 0 Å². The van der Waals surface area contributed by atoms with E-state index in [1.54, 1.807) is 0 Å². The number of rotatable bonds is 6. The topological polar surface area (TPSA) is 49.9 Å². The van der Waals surface area contributed by atoms with Crippen LogP contribution in [0.1, 0.15) is 11.1 Å². The highest BCUT2D eigenvalue weighted by molar-refractivity contribution is 8.15. The highest BCUT2D eigenvalue weighted by atomic mass is 32.2. The summed E-state index contributed by atoms with van der Waals surface area (Å²) in [6.07, 6.45) is 1.56. The van der Waals surface area contributed by atoms with E-state index in [4.69, 9.17) is 4.84 Å². The number of nitrogens with zero attached hydrogens (tertiary/aromatic N) is 2. The van der Waals surface area contributed by atoms with E-state index in [1.807, 2.05) is 42.5 Å². The van der Waals surface area contributed by atoms with Gasteiger partial charge < -0.3 is 4.90 Å². The fourth-order valence-electron chi connectivity index (χ4n) is 3.40. The summed E-state index contributed by atoms with van der Waals surface area (Å²) in [6, 6.07) is 18.0. The average molecular weight is 368 g/mol. The van der Waals surface area contributed by atoms with Crippen LogP contribution in [0.4, 0.5) is 10.5 Å². The van der Waals surface area contributed by atoms with Crippen molar-refractivity contribution in [3.05, 3.63) is 65.7 Å². The number of anilines is 1. The zero-order valence-electron chi connectivity index (χ0n) is 14.3. The second kappa shape index (κ2) is 7.51. The summed E-state index contributed by atoms with van der Waals surface area (Å²) in [7, 11) is 0. The predicted molar refractivity (Wildman–Crippen MR) is 102 cm³/mol. The number of benzene rings is 2. The summed E-state index contributed by atoms with van der Waals surface area (Å²) in [5.41, 5.74) is 3.59. The highest BCUT2D eigenvalue weighted by Crippen LogP contribution is 2.30. The molecular formula is C20H20N2O3S. The third-order valence-corrected chi connectivity index (χ3v) is 5.73. The Kier molecular flexibility index (Phi) is 4.95. The minimum absolute atomic E-state index is 0.259. The molecule has 1 unspecified atom stereocenters. The van der Waals surface area contributed by atoms with E-state index >= 15 is 0 Å². The predicted octanol–water partition coefficient (Wildman–Crippen LogP) is 3.29. The second-order valence-electron chi connectivity index (χ2n) is 6.39. The van der Waals surface area contributed by atoms with Crippen molar-refractivity contribution in [2.75, 3.05) is 24.6 Å². The van der Waals surface area contributed by atoms with E-state index < -0.39 is 5.25 Å². The molecule has 0 saturated carbocycles. The van der Waals surface area contributed by atoms with E-state index in [0.29, 0.717) is 19.6 Å². The van der Waals surface area contributed by atoms with Gasteiger partial charge in [-0.25, -0.2) is 0 Å². The van der Waals surface area contributed by atoms with Gasteiger partial charge >= 0.3 is 5.24 Å². The molecule has 5 nitrogen and oxygen atoms in total. The van der Waals surface area contributed by atoms with Gasteiger partial charge in [0.1, 0.15) is 0 Å². The van der Waals surface area contributed by atoms with Gasteiger partial charge in [0.25, 0.3) is 5.91 Å². The van der Waals surface area contributed by atoms with Crippen molar-refractivity contribution >= 4 is 28.6 Å². The molecule has 2 aliphatic rings. The Hall–Kier alpha value is -2.31. The van der Waals surface area contributed by atoms with E-state index in [-0.39, 0.29) is 11.1 Å². The maximum Gasteiger partial charge on any atom is 0.313 e. The molecule has 0 aliphatic carbocycles. The largest absolute Gasteiger partial charge is 0.369 e. The van der Waals surface area contributed by atoms with Crippen LogP contribution >= 0.6 is 11.8 Å². The van der Waals surface area contributed by atoms with Gasteiger partial charge in [-0.3, -0.25) is 14.4 Å². The summed E-state index contributed by atoms with van der Waals surface area (Å²) in [5, 5.41) is 0.218. The Bertz CT molecular complexity index is 812. The number of hydroxylamine groups is 2. The molecular weight excluding hydrogens is 348 g/mol. The monoisotopic (exact) mass is 368 g/mol. The molecule has 0 bridgehead atoms. The lowest BCUT2D eigenvalue weighted by molar-refractivity contribution is -0.162. The van der Waals surface area contributed by atoms with Gasteiger partial charge in [-0.05, 0) is 41.8 Å². The van der Waals surface area contributed by atoms with Crippen LogP contribution in [0.3, 0.4) is 0 Å². The minimum Gasteiger partial charge on any atom is -0.369 e. The van der Waals surface area contributed by atoms with Crippen molar-refractivity contribution in [1.82, 2.24) is 5.06 Å². The Morgan fingerprint density at radius 2 is 1.81 bits per heavy atom. The van der Waals surface area contributed by atoms with Crippen LogP contribution in [0.15, 0.2) is 54.6 Å². The number of thioether (sulfide) groups is 1. The summed E-state index contributed by atoms with van der Waals surface area (Å²) in [5.74, 6) is -0.259. The summed E-state index contributed by atoms with van der Waals surface area (Å²) in [4.78, 5) is 32.4. The molecule has 6 heteroatoms. The van der Waals surface area contributed by atoms with Crippen molar-refractivity contribution < 1.29 is 14.4 Å². The molecule has 1 atom stereocenters. The maximum absolute atomic E-state index is 12.5. The lowest BCUT2D eigenvalue weighted by Crippen LogP contribution is -2.35. The number of carbonyl (C=O) groups is 2. The summed E-state index contributed by atoms with van der Waals surface area (Å²) < 4.78 is 0. The van der Waals surface area contributed by atoms with Crippen molar-refractivity contribution in [1.29, 1.82) is 0 Å². The Balaban J connectivity index is 1.31. The fraction of sp³-hybridized carbons (Fsp3) is 0.300. The first-order valence-electron chi connectivity index (χ1n) is 8.76. The summed E-state index contributed by atoms with van der Waals surface area (Å²) in [6.45, 7) is 1.91. The molecule has 2 aromatic carbocycles. The SMILES string of the molecule is O=C1SC(Cc2ccccc2)C(=O)N1OCCN1CCc2ccccc21. The van der Waals surface area contributed by atoms with Crippen LogP contribution in [-0.2, 0) is 22.5 Å². The maximum atomic E-state index is 12.5. The number of hydrogen-bond donors (Lipinski definition) is 0. The molecule has 2 aliphatic heterocycles. The number of para-hydroxylation sites is 1. The standard InChI is InChI=1S/C20H20N2O3S/c23-19-18(14-15-6-2-1-3-7-15)26-20(24)22(19)25-13-12-21-11-10-16-8-4-5-9-17(16)21/h1-9,18H,10-14H2. The number of fused-ring (bicyclic) bond motifs is 1. The molecule has 0 spiro atoms. The molecule has 134 valence electrons. The number of amides is 2. The van der Waals surface area contributed by atoms with Crippen LogP contribution in [0.5, 0.6) is 0 Å². The van der Waals surface area contributed by atoms with Crippen molar-refractivity contribution in [3.8, 4) is 0 Å². The van der Waals surface area contributed by atoms with Gasteiger partial charge in [-0.1, -0.05) is 48.5 Å². The molecule has 2 amide bonds. The van der Waals surface area contributed by atoms with Crippen LogP contribution in [0.25, 0.3) is 0 Å². The number of hydrogen-bond acceptors (Lipinski definition) is 5. The first kappa shape index (κ1) is 17.1. The van der Waals surface area contributed by atoms with Gasteiger partial charge in [0.05, 0.1) is 11.9 Å². The molecule has 1 saturated heterocycles. The molecule has 2 aromatic rings. The molecule has 26 heavy (non-hydrogen) atoms. The Labute approximate surface area is 156 Å². The van der Waals surface area contributed by atoms with E-state index in [9.17, 15) is 9.59 Å². The Morgan fingerprint density at radius 3 is 2.65 bits per heavy atom.